The zero-order valence-corrected chi connectivity index (χ0v) is 18.5. The largest absolute Gasteiger partial charge is 0.462 e. The van der Waals surface area contributed by atoms with Gasteiger partial charge in [-0.25, -0.2) is 14.6 Å². The Hall–Kier alpha value is -2.74. The lowest BCUT2D eigenvalue weighted by molar-refractivity contribution is 0.0458. The molecule has 0 radical (unpaired) electrons. The van der Waals surface area contributed by atoms with E-state index in [0.29, 0.717) is 16.8 Å². The number of aryl methyl sites for hydroxylation is 2. The van der Waals surface area contributed by atoms with Gasteiger partial charge in [-0.05, 0) is 30.5 Å². The van der Waals surface area contributed by atoms with Gasteiger partial charge < -0.3 is 4.74 Å². The average molecular weight is 460 g/mol. The minimum atomic E-state index is -0.545. The molecule has 7 nitrogen and oxygen atoms in total. The van der Waals surface area contributed by atoms with Gasteiger partial charge in [0.25, 0.3) is 5.56 Å². The van der Waals surface area contributed by atoms with Crippen LogP contribution in [0.5, 0.6) is 0 Å². The second-order valence-corrected chi connectivity index (χ2v) is 8.27. The highest BCUT2D eigenvalue weighted by Gasteiger charge is 2.25. The Morgan fingerprint density at radius 1 is 1.21 bits per heavy atom. The van der Waals surface area contributed by atoms with Gasteiger partial charge >= 0.3 is 11.7 Å². The lowest BCUT2D eigenvalue weighted by Crippen LogP contribution is -2.38. The van der Waals surface area contributed by atoms with E-state index in [1.54, 1.807) is 14.0 Å². The van der Waals surface area contributed by atoms with Gasteiger partial charge in [-0.2, -0.15) is 0 Å². The Kier molecular flexibility index (Phi) is 5.75. The van der Waals surface area contributed by atoms with Crippen molar-refractivity contribution in [3.8, 4) is 11.1 Å². The molecule has 0 aliphatic rings. The van der Waals surface area contributed by atoms with Gasteiger partial charge in [0.05, 0.1) is 23.3 Å². The maximum atomic E-state index is 13.1. The van der Waals surface area contributed by atoms with Crippen molar-refractivity contribution in [1.29, 1.82) is 0 Å². The number of hydrogen-bond acceptors (Lipinski definition) is 5. The third-order valence-corrected chi connectivity index (χ3v) is 5.13. The predicted octanol–water partition coefficient (Wildman–Crippen LogP) is 3.18. The van der Waals surface area contributed by atoms with Crippen molar-refractivity contribution in [2.45, 2.75) is 20.8 Å². The molecule has 3 rings (SSSR count). The molecule has 0 amide bonds. The van der Waals surface area contributed by atoms with Crippen molar-refractivity contribution in [1.82, 2.24) is 14.1 Å². The molecule has 0 aliphatic carbocycles. The van der Waals surface area contributed by atoms with E-state index in [9.17, 15) is 14.4 Å². The second-order valence-electron chi connectivity index (χ2n) is 7.35. The van der Waals surface area contributed by atoms with Crippen LogP contribution in [0.4, 0.5) is 0 Å². The summed E-state index contributed by atoms with van der Waals surface area (Å²) in [6.07, 6.45) is 0. The standard InChI is InChI=1S/C21H22BrN3O4/c1-11(2)10-29-20(27)15-12(3)23-18-17(19(26)25(5)21(28)24(18)4)16(15)13-7-6-8-14(22)9-13/h6-9,11H,10H2,1-5H3. The van der Waals surface area contributed by atoms with E-state index >= 15 is 0 Å². The zero-order chi connectivity index (χ0) is 21.5. The number of pyridine rings is 1. The molecule has 0 aliphatic heterocycles. The summed E-state index contributed by atoms with van der Waals surface area (Å²) in [6, 6.07) is 7.29. The summed E-state index contributed by atoms with van der Waals surface area (Å²) in [7, 11) is 2.96. The highest BCUT2D eigenvalue weighted by Crippen LogP contribution is 2.33. The van der Waals surface area contributed by atoms with Crippen LogP contribution >= 0.6 is 15.9 Å². The number of ether oxygens (including phenoxy) is 1. The van der Waals surface area contributed by atoms with Crippen LogP contribution in [0.15, 0.2) is 38.3 Å². The van der Waals surface area contributed by atoms with Gasteiger partial charge in [-0.15, -0.1) is 0 Å². The molecule has 2 aromatic heterocycles. The monoisotopic (exact) mass is 459 g/mol. The number of nitrogens with zero attached hydrogens (tertiary/aromatic N) is 3. The molecule has 1 aromatic carbocycles. The summed E-state index contributed by atoms with van der Waals surface area (Å²) < 4.78 is 8.59. The molecule has 152 valence electrons. The van der Waals surface area contributed by atoms with Crippen molar-refractivity contribution >= 4 is 32.9 Å². The van der Waals surface area contributed by atoms with Crippen molar-refractivity contribution in [2.75, 3.05) is 6.61 Å². The fourth-order valence-corrected chi connectivity index (χ4v) is 3.60. The summed E-state index contributed by atoms with van der Waals surface area (Å²) in [5.74, 6) is -0.382. The summed E-state index contributed by atoms with van der Waals surface area (Å²) >= 11 is 3.44. The molecule has 2 heterocycles. The van der Waals surface area contributed by atoms with E-state index in [4.69, 9.17) is 4.74 Å². The molecule has 0 spiro atoms. The Labute approximate surface area is 176 Å². The fourth-order valence-electron chi connectivity index (χ4n) is 3.20. The van der Waals surface area contributed by atoms with Gasteiger partial charge in [0, 0.05) is 24.1 Å². The van der Waals surface area contributed by atoms with E-state index in [1.165, 1.54) is 11.6 Å². The van der Waals surface area contributed by atoms with Crippen LogP contribution in [0, 0.1) is 12.8 Å². The maximum absolute atomic E-state index is 13.1. The Bertz CT molecular complexity index is 1240. The van der Waals surface area contributed by atoms with Crippen LogP contribution in [0.25, 0.3) is 22.2 Å². The number of halogens is 1. The molecular weight excluding hydrogens is 438 g/mol. The van der Waals surface area contributed by atoms with E-state index in [2.05, 4.69) is 20.9 Å². The minimum absolute atomic E-state index is 0.163. The van der Waals surface area contributed by atoms with E-state index in [1.807, 2.05) is 38.1 Å². The number of carbonyl (C=O) groups excluding carboxylic acids is 1. The normalized spacial score (nSPS) is 11.3. The number of rotatable bonds is 4. The van der Waals surface area contributed by atoms with Crippen LogP contribution in [-0.4, -0.2) is 26.7 Å². The van der Waals surface area contributed by atoms with Crippen LogP contribution in [-0.2, 0) is 18.8 Å². The predicted molar refractivity (Wildman–Crippen MR) is 115 cm³/mol. The molecule has 8 heteroatoms. The Morgan fingerprint density at radius 3 is 2.52 bits per heavy atom. The summed E-state index contributed by atoms with van der Waals surface area (Å²) in [4.78, 5) is 42.9. The summed E-state index contributed by atoms with van der Waals surface area (Å²) in [6.45, 7) is 5.81. The number of benzene rings is 1. The van der Waals surface area contributed by atoms with Crippen molar-refractivity contribution < 1.29 is 9.53 Å². The minimum Gasteiger partial charge on any atom is -0.462 e. The number of fused-ring (bicyclic) bond motifs is 1. The molecule has 0 unspecified atom stereocenters. The molecule has 0 saturated carbocycles. The molecule has 29 heavy (non-hydrogen) atoms. The van der Waals surface area contributed by atoms with Gasteiger partial charge in [0.15, 0.2) is 0 Å². The topological polar surface area (TPSA) is 83.2 Å². The number of carbonyl (C=O) groups is 1. The molecular formula is C21H22BrN3O4. The van der Waals surface area contributed by atoms with E-state index < -0.39 is 17.2 Å². The molecule has 0 fully saturated rings. The van der Waals surface area contributed by atoms with E-state index in [0.717, 1.165) is 9.04 Å². The van der Waals surface area contributed by atoms with Crippen LogP contribution in [0.2, 0.25) is 0 Å². The van der Waals surface area contributed by atoms with Gasteiger partial charge in [-0.1, -0.05) is 41.9 Å². The molecule has 0 N–H and O–H groups in total. The van der Waals surface area contributed by atoms with Crippen molar-refractivity contribution in [3.05, 3.63) is 60.8 Å². The summed E-state index contributed by atoms with van der Waals surface area (Å²) in [5, 5.41) is 0.204. The SMILES string of the molecule is Cc1nc2c(c(-c3cccc(Br)c3)c1C(=O)OCC(C)C)c(=O)n(C)c(=O)n2C. The molecule has 3 aromatic rings. The number of aromatic nitrogens is 3. The van der Waals surface area contributed by atoms with Crippen LogP contribution in [0.1, 0.15) is 29.9 Å². The first kappa shape index (κ1) is 21.0. The quantitative estimate of drug-likeness (QED) is 0.559. The van der Waals surface area contributed by atoms with Gasteiger partial charge in [-0.3, -0.25) is 13.9 Å². The first-order chi connectivity index (χ1) is 13.6. The zero-order valence-electron chi connectivity index (χ0n) is 16.9. The lowest BCUT2D eigenvalue weighted by atomic mass is 9.96. The Morgan fingerprint density at radius 2 is 1.90 bits per heavy atom. The third kappa shape index (κ3) is 3.76. The first-order valence-corrected chi connectivity index (χ1v) is 9.96. The average Bonchev–Trinajstić information content (AvgIpc) is 2.67. The lowest BCUT2D eigenvalue weighted by Gasteiger charge is -2.17. The number of hydrogen-bond donors (Lipinski definition) is 0. The van der Waals surface area contributed by atoms with Gasteiger partial charge in [0.1, 0.15) is 5.65 Å². The smallest absolute Gasteiger partial charge is 0.340 e. The maximum Gasteiger partial charge on any atom is 0.340 e. The second kappa shape index (κ2) is 7.94. The fraction of sp³-hybridized carbons (Fsp3) is 0.333. The third-order valence-electron chi connectivity index (χ3n) is 4.63. The molecule has 0 saturated heterocycles. The molecule has 0 atom stereocenters. The van der Waals surface area contributed by atoms with Crippen molar-refractivity contribution in [3.63, 3.8) is 0 Å². The molecule has 0 bridgehead atoms. The highest BCUT2D eigenvalue weighted by molar-refractivity contribution is 9.10. The van der Waals surface area contributed by atoms with Crippen LogP contribution in [0.3, 0.4) is 0 Å². The van der Waals surface area contributed by atoms with Crippen molar-refractivity contribution in [2.24, 2.45) is 20.0 Å². The summed E-state index contributed by atoms with van der Waals surface area (Å²) in [5.41, 5.74) is 0.927. The Balaban J connectivity index is 2.49. The first-order valence-electron chi connectivity index (χ1n) is 9.16. The number of esters is 1. The van der Waals surface area contributed by atoms with E-state index in [-0.39, 0.29) is 29.1 Å². The van der Waals surface area contributed by atoms with Crippen LogP contribution < -0.4 is 11.2 Å². The van der Waals surface area contributed by atoms with Gasteiger partial charge in [0.2, 0.25) is 0 Å². The highest BCUT2D eigenvalue weighted by atomic mass is 79.9.